The van der Waals surface area contributed by atoms with Gasteiger partial charge in [-0.3, -0.25) is 9.69 Å². The van der Waals surface area contributed by atoms with Crippen LogP contribution in [0.5, 0.6) is 0 Å². The Morgan fingerprint density at radius 2 is 1.69 bits per heavy atom. The largest absolute Gasteiger partial charge is 0.480 e. The molecule has 5 heteroatoms. The summed E-state index contributed by atoms with van der Waals surface area (Å²) in [5.74, 6) is -1.30. The van der Waals surface area contributed by atoms with Crippen LogP contribution in [0.15, 0.2) is 0 Å². The molecule has 0 aromatic rings. The molecule has 92 valence electrons. The van der Waals surface area contributed by atoms with Gasteiger partial charge in [-0.2, -0.15) is 0 Å². The van der Waals surface area contributed by atoms with E-state index in [1.807, 2.05) is 4.90 Å². The van der Waals surface area contributed by atoms with Crippen LogP contribution in [0.25, 0.3) is 0 Å². The minimum atomic E-state index is -0.703. The van der Waals surface area contributed by atoms with Crippen LogP contribution in [-0.4, -0.2) is 54.6 Å². The molecule has 1 saturated carbocycles. The van der Waals surface area contributed by atoms with Gasteiger partial charge in [0.25, 0.3) is 0 Å². The molecule has 0 radical (unpaired) electrons. The second-order valence-electron chi connectivity index (χ2n) is 4.72. The third-order valence-electron chi connectivity index (χ3n) is 4.04. The zero-order valence-corrected chi connectivity index (χ0v) is 9.86. The smallest absolute Gasteiger partial charge is 0.324 e. The van der Waals surface area contributed by atoms with Crippen molar-refractivity contribution in [2.24, 2.45) is 0 Å². The first kappa shape index (κ1) is 11.8. The predicted molar refractivity (Wildman–Crippen MR) is 57.2 cm³/mol. The van der Waals surface area contributed by atoms with Crippen LogP contribution < -0.4 is 0 Å². The zero-order chi connectivity index (χ0) is 11.8. The van der Waals surface area contributed by atoms with E-state index in [1.54, 1.807) is 14.2 Å². The van der Waals surface area contributed by atoms with Crippen molar-refractivity contribution in [3.63, 3.8) is 0 Å². The van der Waals surface area contributed by atoms with Gasteiger partial charge < -0.3 is 14.6 Å². The van der Waals surface area contributed by atoms with E-state index < -0.39 is 17.3 Å². The average molecular weight is 229 g/mol. The SMILES string of the molecule is COC1(OC)CN(C2(C(=O)O)CCCC2)C1. The fourth-order valence-electron chi connectivity index (χ4n) is 2.80. The van der Waals surface area contributed by atoms with Crippen LogP contribution in [-0.2, 0) is 14.3 Å². The Hall–Kier alpha value is -0.650. The van der Waals surface area contributed by atoms with E-state index in [0.29, 0.717) is 13.1 Å². The number of methoxy groups -OCH3 is 2. The molecule has 0 spiro atoms. The molecule has 0 atom stereocenters. The van der Waals surface area contributed by atoms with Crippen LogP contribution in [0.2, 0.25) is 0 Å². The number of carboxylic acid groups (broad SMARTS) is 1. The van der Waals surface area contributed by atoms with E-state index in [2.05, 4.69) is 0 Å². The summed E-state index contributed by atoms with van der Waals surface area (Å²) in [6, 6.07) is 0. The highest BCUT2D eigenvalue weighted by Crippen LogP contribution is 2.41. The van der Waals surface area contributed by atoms with Crippen molar-refractivity contribution >= 4 is 5.97 Å². The topological polar surface area (TPSA) is 59.0 Å². The van der Waals surface area contributed by atoms with Crippen molar-refractivity contribution in [2.75, 3.05) is 27.3 Å². The summed E-state index contributed by atoms with van der Waals surface area (Å²) in [6.45, 7) is 1.10. The third-order valence-corrected chi connectivity index (χ3v) is 4.04. The molecule has 2 fully saturated rings. The van der Waals surface area contributed by atoms with Crippen molar-refractivity contribution in [1.29, 1.82) is 0 Å². The Morgan fingerprint density at radius 3 is 2.06 bits per heavy atom. The number of nitrogens with zero attached hydrogens (tertiary/aromatic N) is 1. The molecule has 0 unspecified atom stereocenters. The molecule has 1 saturated heterocycles. The summed E-state index contributed by atoms with van der Waals surface area (Å²) in [7, 11) is 3.20. The van der Waals surface area contributed by atoms with E-state index in [-0.39, 0.29) is 0 Å². The van der Waals surface area contributed by atoms with Crippen LogP contribution >= 0.6 is 0 Å². The molecule has 0 amide bonds. The number of hydrogen-bond donors (Lipinski definition) is 1. The van der Waals surface area contributed by atoms with Crippen molar-refractivity contribution in [3.05, 3.63) is 0 Å². The lowest BCUT2D eigenvalue weighted by molar-refractivity contribution is -0.291. The summed E-state index contributed by atoms with van der Waals surface area (Å²) in [4.78, 5) is 13.4. The summed E-state index contributed by atoms with van der Waals surface area (Å²) >= 11 is 0. The lowest BCUT2D eigenvalue weighted by Crippen LogP contribution is -2.71. The molecule has 0 aromatic heterocycles. The van der Waals surface area contributed by atoms with E-state index in [9.17, 15) is 9.90 Å². The third kappa shape index (κ3) is 1.54. The molecule has 1 aliphatic heterocycles. The van der Waals surface area contributed by atoms with Gasteiger partial charge >= 0.3 is 5.97 Å². The van der Waals surface area contributed by atoms with Gasteiger partial charge in [-0.1, -0.05) is 12.8 Å². The number of hydrogen-bond acceptors (Lipinski definition) is 4. The molecular weight excluding hydrogens is 210 g/mol. The van der Waals surface area contributed by atoms with Crippen LogP contribution in [0.1, 0.15) is 25.7 Å². The lowest BCUT2D eigenvalue weighted by atomic mass is 9.89. The molecule has 0 bridgehead atoms. The Labute approximate surface area is 95.3 Å². The van der Waals surface area contributed by atoms with Gasteiger partial charge in [-0.05, 0) is 12.8 Å². The molecule has 1 N–H and O–H groups in total. The maximum Gasteiger partial charge on any atom is 0.324 e. The predicted octanol–water partition coefficient (Wildman–Crippen LogP) is 0.688. The van der Waals surface area contributed by atoms with Crippen LogP contribution in [0, 0.1) is 0 Å². The molecule has 0 aromatic carbocycles. The summed E-state index contributed by atoms with van der Waals surface area (Å²) < 4.78 is 10.6. The fourth-order valence-corrected chi connectivity index (χ4v) is 2.80. The zero-order valence-electron chi connectivity index (χ0n) is 9.86. The number of rotatable bonds is 4. The lowest BCUT2D eigenvalue weighted by Gasteiger charge is -2.53. The van der Waals surface area contributed by atoms with Gasteiger partial charge in [0.2, 0.25) is 0 Å². The first-order valence-electron chi connectivity index (χ1n) is 5.67. The number of likely N-dealkylation sites (tertiary alicyclic amines) is 1. The van der Waals surface area contributed by atoms with Crippen molar-refractivity contribution in [2.45, 2.75) is 37.0 Å². The average Bonchev–Trinajstić information content (AvgIpc) is 2.68. The van der Waals surface area contributed by atoms with E-state index in [1.165, 1.54) is 0 Å². The Balaban J connectivity index is 2.06. The summed E-state index contributed by atoms with van der Waals surface area (Å²) in [5, 5.41) is 9.39. The summed E-state index contributed by atoms with van der Waals surface area (Å²) in [5.41, 5.74) is -0.666. The normalized spacial score (nSPS) is 27.6. The molecule has 2 aliphatic rings. The number of aliphatic carboxylic acids is 1. The van der Waals surface area contributed by atoms with Gasteiger partial charge in [0, 0.05) is 14.2 Å². The molecular formula is C11H19NO4. The molecule has 1 aliphatic carbocycles. The maximum atomic E-state index is 11.4. The maximum absolute atomic E-state index is 11.4. The van der Waals surface area contributed by atoms with Gasteiger partial charge in [-0.25, -0.2) is 0 Å². The van der Waals surface area contributed by atoms with Gasteiger partial charge in [0.05, 0.1) is 13.1 Å². The molecule has 1 heterocycles. The quantitative estimate of drug-likeness (QED) is 0.719. The molecule has 5 nitrogen and oxygen atoms in total. The van der Waals surface area contributed by atoms with Gasteiger partial charge in [0.15, 0.2) is 5.79 Å². The first-order chi connectivity index (χ1) is 7.58. The Bertz CT molecular complexity index is 274. The Kier molecular flexibility index (Phi) is 2.94. The number of ether oxygens (including phenoxy) is 2. The highest BCUT2D eigenvalue weighted by atomic mass is 16.7. The second kappa shape index (κ2) is 3.98. The minimum Gasteiger partial charge on any atom is -0.480 e. The fraction of sp³-hybridized carbons (Fsp3) is 0.909. The number of carboxylic acids is 1. The van der Waals surface area contributed by atoms with Gasteiger partial charge in [-0.15, -0.1) is 0 Å². The minimum absolute atomic E-state index is 0.548. The highest BCUT2D eigenvalue weighted by Gasteiger charge is 2.56. The second-order valence-corrected chi connectivity index (χ2v) is 4.72. The highest BCUT2D eigenvalue weighted by molar-refractivity contribution is 5.79. The monoisotopic (exact) mass is 229 g/mol. The Morgan fingerprint density at radius 1 is 1.19 bits per heavy atom. The first-order valence-corrected chi connectivity index (χ1v) is 5.67. The van der Waals surface area contributed by atoms with Gasteiger partial charge in [0.1, 0.15) is 5.54 Å². The standard InChI is InChI=1S/C11H19NO4/c1-15-11(16-2)7-12(8-11)10(9(13)14)5-3-4-6-10/h3-8H2,1-2H3,(H,13,14). The van der Waals surface area contributed by atoms with Crippen molar-refractivity contribution in [3.8, 4) is 0 Å². The van der Waals surface area contributed by atoms with E-state index in [4.69, 9.17) is 9.47 Å². The molecule has 16 heavy (non-hydrogen) atoms. The van der Waals surface area contributed by atoms with Crippen LogP contribution in [0.3, 0.4) is 0 Å². The van der Waals surface area contributed by atoms with Crippen molar-refractivity contribution < 1.29 is 19.4 Å². The summed E-state index contributed by atoms with van der Waals surface area (Å²) in [6.07, 6.45) is 3.48. The van der Waals surface area contributed by atoms with Crippen molar-refractivity contribution in [1.82, 2.24) is 4.90 Å². The molecule has 2 rings (SSSR count). The van der Waals surface area contributed by atoms with E-state index >= 15 is 0 Å². The number of carbonyl (C=O) groups is 1. The van der Waals surface area contributed by atoms with Crippen LogP contribution in [0.4, 0.5) is 0 Å². The van der Waals surface area contributed by atoms with E-state index in [0.717, 1.165) is 25.7 Å².